The van der Waals surface area contributed by atoms with Crippen LogP contribution in [0, 0.1) is 17.8 Å². The zero-order chi connectivity index (χ0) is 14.6. The Morgan fingerprint density at radius 2 is 1.84 bits per heavy atom. The molecule has 0 radical (unpaired) electrons. The molecule has 1 N–H and O–H groups in total. The molecule has 0 saturated carbocycles. The molecule has 0 atom stereocenters. The Morgan fingerprint density at radius 1 is 1.26 bits per heavy atom. The number of rotatable bonds is 5. The van der Waals surface area contributed by atoms with Gasteiger partial charge in [0.05, 0.1) is 0 Å². The Hall–Kier alpha value is -1.65. The van der Waals surface area contributed by atoms with E-state index in [0.29, 0.717) is 24.3 Å². The molecule has 19 heavy (non-hydrogen) atoms. The number of hydrogen-bond acceptors (Lipinski definition) is 3. The molecule has 0 unspecified atom stereocenters. The fraction of sp³-hybridized carbons (Fsp3) is 0.643. The Balaban J connectivity index is 2.69. The number of nitrogens with one attached hydrogen (secondary N) is 1. The Labute approximate surface area is 114 Å². The molecule has 5 heteroatoms. The molecule has 1 amide bonds. The van der Waals surface area contributed by atoms with E-state index >= 15 is 0 Å². The summed E-state index contributed by atoms with van der Waals surface area (Å²) < 4.78 is 1.16. The third kappa shape index (κ3) is 4.19. The minimum Gasteiger partial charge on any atom is -0.350 e. The third-order valence-corrected chi connectivity index (χ3v) is 3.40. The van der Waals surface area contributed by atoms with Gasteiger partial charge in [-0.1, -0.05) is 27.7 Å². The highest BCUT2D eigenvalue weighted by molar-refractivity contribution is 5.91. The lowest BCUT2D eigenvalue weighted by atomic mass is 9.85. The van der Waals surface area contributed by atoms with Crippen molar-refractivity contribution in [3.05, 3.63) is 28.2 Å². The average Bonchev–Trinajstić information content (AvgIpc) is 2.31. The standard InChI is InChI=1S/C14H23N3O2/c1-9(2)11(10(3)4)8-15-14(19)12-6-7-13(18)17(5)16-12/h6-7,9-11H,8H2,1-5H3,(H,15,19). The van der Waals surface area contributed by atoms with E-state index in [1.165, 1.54) is 19.2 Å². The maximum atomic E-state index is 12.0. The van der Waals surface area contributed by atoms with Crippen molar-refractivity contribution in [1.82, 2.24) is 15.1 Å². The number of hydrogen-bond donors (Lipinski definition) is 1. The molecule has 0 aliphatic rings. The van der Waals surface area contributed by atoms with Crippen LogP contribution >= 0.6 is 0 Å². The monoisotopic (exact) mass is 265 g/mol. The molecule has 1 heterocycles. The molecule has 1 aromatic rings. The van der Waals surface area contributed by atoms with Crippen LogP contribution in [0.3, 0.4) is 0 Å². The summed E-state index contributed by atoms with van der Waals surface area (Å²) in [5.41, 5.74) is 0.0483. The Morgan fingerprint density at radius 3 is 2.32 bits per heavy atom. The van der Waals surface area contributed by atoms with Gasteiger partial charge in [0.15, 0.2) is 0 Å². The lowest BCUT2D eigenvalue weighted by Gasteiger charge is -2.24. The molecule has 0 aliphatic carbocycles. The second-order valence-electron chi connectivity index (χ2n) is 5.54. The van der Waals surface area contributed by atoms with Gasteiger partial charge in [-0.25, -0.2) is 4.68 Å². The van der Waals surface area contributed by atoms with Crippen LogP contribution < -0.4 is 10.9 Å². The summed E-state index contributed by atoms with van der Waals surface area (Å²) in [4.78, 5) is 23.2. The summed E-state index contributed by atoms with van der Waals surface area (Å²) in [5.74, 6) is 1.21. The second kappa shape index (κ2) is 6.50. The van der Waals surface area contributed by atoms with Crippen LogP contribution in [0.15, 0.2) is 16.9 Å². The maximum Gasteiger partial charge on any atom is 0.271 e. The molecule has 0 aliphatic heterocycles. The molecule has 5 nitrogen and oxygen atoms in total. The van der Waals surface area contributed by atoms with Crippen LogP contribution in [0.5, 0.6) is 0 Å². The molecule has 1 rings (SSSR count). The van der Waals surface area contributed by atoms with E-state index in [2.05, 4.69) is 38.1 Å². The van der Waals surface area contributed by atoms with Gasteiger partial charge in [-0.15, -0.1) is 0 Å². The second-order valence-corrected chi connectivity index (χ2v) is 5.54. The number of nitrogens with zero attached hydrogens (tertiary/aromatic N) is 2. The fourth-order valence-electron chi connectivity index (χ4n) is 2.17. The Bertz CT molecular complexity index is 484. The van der Waals surface area contributed by atoms with Gasteiger partial charge in [0.25, 0.3) is 11.5 Å². The van der Waals surface area contributed by atoms with Crippen molar-refractivity contribution < 1.29 is 4.79 Å². The zero-order valence-electron chi connectivity index (χ0n) is 12.3. The highest BCUT2D eigenvalue weighted by atomic mass is 16.2. The third-order valence-electron chi connectivity index (χ3n) is 3.40. The molecule has 0 aromatic carbocycles. The van der Waals surface area contributed by atoms with Gasteiger partial charge < -0.3 is 5.32 Å². The van der Waals surface area contributed by atoms with Gasteiger partial charge >= 0.3 is 0 Å². The highest BCUT2D eigenvalue weighted by Gasteiger charge is 2.19. The quantitative estimate of drug-likeness (QED) is 0.876. The first-order chi connectivity index (χ1) is 8.82. The molecular formula is C14H23N3O2. The summed E-state index contributed by atoms with van der Waals surface area (Å²) in [5, 5.41) is 6.82. The topological polar surface area (TPSA) is 64.0 Å². The highest BCUT2D eigenvalue weighted by Crippen LogP contribution is 2.19. The number of aryl methyl sites for hydroxylation is 1. The number of carbonyl (C=O) groups is 1. The van der Waals surface area contributed by atoms with Crippen LogP contribution in [-0.4, -0.2) is 22.2 Å². The first-order valence-corrected chi connectivity index (χ1v) is 6.65. The van der Waals surface area contributed by atoms with Gasteiger partial charge in [0, 0.05) is 19.7 Å². The predicted molar refractivity (Wildman–Crippen MR) is 75.0 cm³/mol. The minimum atomic E-state index is -0.234. The van der Waals surface area contributed by atoms with Crippen molar-refractivity contribution in [1.29, 1.82) is 0 Å². The van der Waals surface area contributed by atoms with Gasteiger partial charge in [-0.2, -0.15) is 5.10 Å². The molecule has 1 aromatic heterocycles. The fourth-order valence-corrected chi connectivity index (χ4v) is 2.17. The van der Waals surface area contributed by atoms with Crippen molar-refractivity contribution in [3.63, 3.8) is 0 Å². The van der Waals surface area contributed by atoms with Gasteiger partial charge in [-0.05, 0) is 23.8 Å². The van der Waals surface area contributed by atoms with Gasteiger partial charge in [0.1, 0.15) is 5.69 Å². The lowest BCUT2D eigenvalue weighted by molar-refractivity contribution is 0.0930. The number of amides is 1. The van der Waals surface area contributed by atoms with Crippen molar-refractivity contribution in [2.24, 2.45) is 24.8 Å². The van der Waals surface area contributed by atoms with Crippen molar-refractivity contribution in [3.8, 4) is 0 Å². The molecule has 0 saturated heterocycles. The smallest absolute Gasteiger partial charge is 0.271 e. The van der Waals surface area contributed by atoms with Crippen LogP contribution in [0.4, 0.5) is 0 Å². The van der Waals surface area contributed by atoms with E-state index in [1.54, 1.807) is 0 Å². The SMILES string of the molecule is CC(C)C(CNC(=O)c1ccc(=O)n(C)n1)C(C)C. The molecule has 0 bridgehead atoms. The molecule has 0 fully saturated rings. The van der Waals surface area contributed by atoms with E-state index in [-0.39, 0.29) is 17.2 Å². The average molecular weight is 265 g/mol. The van der Waals surface area contributed by atoms with Crippen LogP contribution in [0.2, 0.25) is 0 Å². The van der Waals surface area contributed by atoms with E-state index in [9.17, 15) is 9.59 Å². The summed E-state index contributed by atoms with van der Waals surface area (Å²) in [6.07, 6.45) is 0. The van der Waals surface area contributed by atoms with E-state index in [4.69, 9.17) is 0 Å². The normalized spacial score (nSPS) is 11.4. The molecule has 106 valence electrons. The first kappa shape index (κ1) is 15.4. The Kier molecular flexibility index (Phi) is 5.27. The molecular weight excluding hydrogens is 242 g/mol. The van der Waals surface area contributed by atoms with Crippen LogP contribution in [-0.2, 0) is 7.05 Å². The number of aromatic nitrogens is 2. The summed E-state index contributed by atoms with van der Waals surface area (Å²) >= 11 is 0. The van der Waals surface area contributed by atoms with Gasteiger partial charge in [-0.3, -0.25) is 9.59 Å². The minimum absolute atomic E-state index is 0.223. The zero-order valence-corrected chi connectivity index (χ0v) is 12.3. The predicted octanol–water partition coefficient (Wildman–Crippen LogP) is 1.44. The van der Waals surface area contributed by atoms with E-state index < -0.39 is 0 Å². The number of carbonyl (C=O) groups excluding carboxylic acids is 1. The summed E-state index contributed by atoms with van der Waals surface area (Å²) in [6.45, 7) is 9.24. The first-order valence-electron chi connectivity index (χ1n) is 6.65. The largest absolute Gasteiger partial charge is 0.350 e. The summed E-state index contributed by atoms with van der Waals surface area (Å²) in [7, 11) is 1.53. The van der Waals surface area contributed by atoms with Crippen LogP contribution in [0.25, 0.3) is 0 Å². The van der Waals surface area contributed by atoms with Crippen LogP contribution in [0.1, 0.15) is 38.2 Å². The van der Waals surface area contributed by atoms with E-state index in [1.807, 2.05) is 0 Å². The van der Waals surface area contributed by atoms with Crippen molar-refractivity contribution in [2.45, 2.75) is 27.7 Å². The molecule has 0 spiro atoms. The lowest BCUT2D eigenvalue weighted by Crippen LogP contribution is -2.35. The summed E-state index contributed by atoms with van der Waals surface area (Å²) in [6, 6.07) is 2.81. The van der Waals surface area contributed by atoms with E-state index in [0.717, 1.165) is 4.68 Å². The van der Waals surface area contributed by atoms with Crippen molar-refractivity contribution >= 4 is 5.91 Å². The van der Waals surface area contributed by atoms with Crippen molar-refractivity contribution in [2.75, 3.05) is 6.54 Å². The maximum absolute atomic E-state index is 12.0. The van der Waals surface area contributed by atoms with Gasteiger partial charge in [0.2, 0.25) is 0 Å².